The van der Waals surface area contributed by atoms with Crippen molar-refractivity contribution >= 4 is 11.6 Å². The second-order valence-corrected chi connectivity index (χ2v) is 7.92. The fourth-order valence-electron chi connectivity index (χ4n) is 4.14. The normalized spacial score (nSPS) is 18.2. The van der Waals surface area contributed by atoms with E-state index in [1.165, 1.54) is 5.56 Å². The highest BCUT2D eigenvalue weighted by atomic mass is 16.5. The third-order valence-corrected chi connectivity index (χ3v) is 5.93. The highest BCUT2D eigenvalue weighted by Gasteiger charge is 2.21. The van der Waals surface area contributed by atoms with E-state index < -0.39 is 0 Å². The van der Waals surface area contributed by atoms with Crippen LogP contribution in [0.4, 0.5) is 5.69 Å². The third-order valence-electron chi connectivity index (χ3n) is 5.93. The Balaban J connectivity index is 1.32. The molecule has 1 amide bonds. The van der Waals surface area contributed by atoms with Gasteiger partial charge in [-0.25, -0.2) is 0 Å². The van der Waals surface area contributed by atoms with Crippen molar-refractivity contribution in [3.8, 4) is 5.75 Å². The van der Waals surface area contributed by atoms with Crippen LogP contribution in [-0.4, -0.2) is 75.3 Å². The maximum atomic E-state index is 13.0. The molecule has 2 saturated heterocycles. The van der Waals surface area contributed by atoms with Gasteiger partial charge in [-0.1, -0.05) is 12.1 Å². The summed E-state index contributed by atoms with van der Waals surface area (Å²) in [6.45, 7) is 7.72. The average Bonchev–Trinajstić information content (AvgIpc) is 3.05. The predicted molar refractivity (Wildman–Crippen MR) is 118 cm³/mol. The van der Waals surface area contributed by atoms with Crippen LogP contribution in [0.3, 0.4) is 0 Å². The minimum absolute atomic E-state index is 0.134. The van der Waals surface area contributed by atoms with Crippen molar-refractivity contribution in [3.05, 3.63) is 59.7 Å². The number of rotatable bonds is 5. The molecule has 0 N–H and O–H groups in total. The summed E-state index contributed by atoms with van der Waals surface area (Å²) in [5.41, 5.74) is 3.21. The maximum Gasteiger partial charge on any atom is 0.253 e. The number of anilines is 1. The van der Waals surface area contributed by atoms with Gasteiger partial charge in [0.05, 0.1) is 20.3 Å². The van der Waals surface area contributed by atoms with E-state index in [-0.39, 0.29) is 5.91 Å². The standard InChI is InChI=1S/C24H31N3O3/c1-29-23-9-3-20(4-10-23)19-25-11-2-12-27(14-13-25)24(28)21-5-7-22(8-6-21)26-15-17-30-18-16-26/h3-10H,2,11-19H2,1H3. The molecule has 2 aliphatic rings. The Morgan fingerprint density at radius 1 is 0.900 bits per heavy atom. The van der Waals surface area contributed by atoms with Gasteiger partial charge in [-0.2, -0.15) is 0 Å². The summed E-state index contributed by atoms with van der Waals surface area (Å²) in [5.74, 6) is 1.01. The minimum Gasteiger partial charge on any atom is -0.497 e. The van der Waals surface area contributed by atoms with Crippen LogP contribution in [0.5, 0.6) is 5.75 Å². The van der Waals surface area contributed by atoms with E-state index in [9.17, 15) is 4.79 Å². The Morgan fingerprint density at radius 2 is 1.63 bits per heavy atom. The van der Waals surface area contributed by atoms with Crippen LogP contribution in [0.25, 0.3) is 0 Å². The number of carbonyl (C=O) groups excluding carboxylic acids is 1. The molecule has 2 fully saturated rings. The number of benzene rings is 2. The zero-order chi connectivity index (χ0) is 20.8. The Hall–Kier alpha value is -2.57. The minimum atomic E-state index is 0.134. The Kier molecular flexibility index (Phi) is 6.87. The van der Waals surface area contributed by atoms with Gasteiger partial charge in [0.2, 0.25) is 0 Å². The van der Waals surface area contributed by atoms with Crippen molar-refractivity contribution in [1.82, 2.24) is 9.80 Å². The molecule has 0 unspecified atom stereocenters. The smallest absolute Gasteiger partial charge is 0.253 e. The molecule has 6 heteroatoms. The highest BCUT2D eigenvalue weighted by Crippen LogP contribution is 2.19. The van der Waals surface area contributed by atoms with E-state index in [1.807, 2.05) is 29.2 Å². The molecule has 160 valence electrons. The first kappa shape index (κ1) is 20.7. The van der Waals surface area contributed by atoms with Crippen molar-refractivity contribution in [3.63, 3.8) is 0 Å². The fraction of sp³-hybridized carbons (Fsp3) is 0.458. The molecule has 30 heavy (non-hydrogen) atoms. The van der Waals surface area contributed by atoms with Crippen molar-refractivity contribution in [2.75, 3.05) is 64.5 Å². The molecule has 0 saturated carbocycles. The quantitative estimate of drug-likeness (QED) is 0.760. The fourth-order valence-corrected chi connectivity index (χ4v) is 4.14. The van der Waals surface area contributed by atoms with Crippen LogP contribution in [0.2, 0.25) is 0 Å². The van der Waals surface area contributed by atoms with Crippen molar-refractivity contribution < 1.29 is 14.3 Å². The summed E-state index contributed by atoms with van der Waals surface area (Å²) in [7, 11) is 1.69. The predicted octanol–water partition coefficient (Wildman–Crippen LogP) is 2.88. The molecular formula is C24H31N3O3. The zero-order valence-electron chi connectivity index (χ0n) is 17.8. The van der Waals surface area contributed by atoms with Crippen LogP contribution in [0.15, 0.2) is 48.5 Å². The molecule has 2 aromatic rings. The van der Waals surface area contributed by atoms with Gasteiger partial charge in [-0.05, 0) is 48.4 Å². The number of ether oxygens (including phenoxy) is 2. The molecular weight excluding hydrogens is 378 g/mol. The molecule has 0 aliphatic carbocycles. The zero-order valence-corrected chi connectivity index (χ0v) is 17.8. The summed E-state index contributed by atoms with van der Waals surface area (Å²) < 4.78 is 10.7. The van der Waals surface area contributed by atoms with E-state index >= 15 is 0 Å². The molecule has 0 radical (unpaired) electrons. The lowest BCUT2D eigenvalue weighted by Crippen LogP contribution is -2.36. The average molecular weight is 410 g/mol. The van der Waals surface area contributed by atoms with Crippen molar-refractivity contribution in [1.29, 1.82) is 0 Å². The first-order valence-corrected chi connectivity index (χ1v) is 10.8. The van der Waals surface area contributed by atoms with Gasteiger partial charge in [0, 0.05) is 57.1 Å². The van der Waals surface area contributed by atoms with Gasteiger partial charge in [0.15, 0.2) is 0 Å². The lowest BCUT2D eigenvalue weighted by molar-refractivity contribution is 0.0761. The van der Waals surface area contributed by atoms with Gasteiger partial charge in [0.25, 0.3) is 5.91 Å². The molecule has 2 aromatic carbocycles. The topological polar surface area (TPSA) is 45.2 Å². The van der Waals surface area contributed by atoms with E-state index in [0.29, 0.717) is 0 Å². The van der Waals surface area contributed by atoms with Gasteiger partial charge >= 0.3 is 0 Å². The van der Waals surface area contributed by atoms with E-state index in [0.717, 1.165) is 82.4 Å². The first-order chi connectivity index (χ1) is 14.7. The number of morpholine rings is 1. The summed E-state index contributed by atoms with van der Waals surface area (Å²) in [4.78, 5) is 19.8. The van der Waals surface area contributed by atoms with Crippen LogP contribution in [0, 0.1) is 0 Å². The van der Waals surface area contributed by atoms with Gasteiger partial charge in [-0.15, -0.1) is 0 Å². The molecule has 0 spiro atoms. The van der Waals surface area contributed by atoms with E-state index in [1.54, 1.807) is 7.11 Å². The molecule has 0 atom stereocenters. The lowest BCUT2D eigenvalue weighted by Gasteiger charge is -2.29. The second-order valence-electron chi connectivity index (χ2n) is 7.92. The third kappa shape index (κ3) is 5.12. The number of nitrogens with zero attached hydrogens (tertiary/aromatic N) is 3. The van der Waals surface area contributed by atoms with Crippen LogP contribution in [-0.2, 0) is 11.3 Å². The Morgan fingerprint density at radius 3 is 2.33 bits per heavy atom. The van der Waals surface area contributed by atoms with Crippen molar-refractivity contribution in [2.24, 2.45) is 0 Å². The summed E-state index contributed by atoms with van der Waals surface area (Å²) in [5, 5.41) is 0. The van der Waals surface area contributed by atoms with E-state index in [2.05, 4.69) is 34.1 Å². The number of methoxy groups -OCH3 is 1. The summed E-state index contributed by atoms with van der Waals surface area (Å²) >= 11 is 0. The molecule has 4 rings (SSSR count). The van der Waals surface area contributed by atoms with Crippen molar-refractivity contribution in [2.45, 2.75) is 13.0 Å². The lowest BCUT2D eigenvalue weighted by atomic mass is 10.1. The van der Waals surface area contributed by atoms with E-state index in [4.69, 9.17) is 9.47 Å². The monoisotopic (exact) mass is 409 g/mol. The number of amides is 1. The maximum absolute atomic E-state index is 13.0. The Bertz CT molecular complexity index is 817. The summed E-state index contributed by atoms with van der Waals surface area (Å²) in [6, 6.07) is 16.3. The SMILES string of the molecule is COc1ccc(CN2CCCN(C(=O)c3ccc(N4CCOCC4)cc3)CC2)cc1. The highest BCUT2D eigenvalue weighted by molar-refractivity contribution is 5.94. The number of hydrogen-bond donors (Lipinski definition) is 0. The van der Waals surface area contributed by atoms with Crippen LogP contribution < -0.4 is 9.64 Å². The molecule has 6 nitrogen and oxygen atoms in total. The second kappa shape index (κ2) is 9.96. The van der Waals surface area contributed by atoms with Gasteiger partial charge in [-0.3, -0.25) is 9.69 Å². The largest absolute Gasteiger partial charge is 0.497 e. The van der Waals surface area contributed by atoms with Gasteiger partial charge in [0.1, 0.15) is 5.75 Å². The molecule has 2 aliphatic heterocycles. The molecule has 2 heterocycles. The molecule has 0 aromatic heterocycles. The molecule has 0 bridgehead atoms. The Labute approximate surface area is 179 Å². The van der Waals surface area contributed by atoms with Crippen LogP contribution >= 0.6 is 0 Å². The number of carbonyl (C=O) groups is 1. The summed E-state index contributed by atoms with van der Waals surface area (Å²) in [6.07, 6.45) is 0.994. The first-order valence-electron chi connectivity index (χ1n) is 10.8. The van der Waals surface area contributed by atoms with Gasteiger partial charge < -0.3 is 19.3 Å². The number of hydrogen-bond acceptors (Lipinski definition) is 5. The van der Waals surface area contributed by atoms with Crippen LogP contribution in [0.1, 0.15) is 22.3 Å².